The number of aryl methyl sites for hydroxylation is 1. The SMILES string of the molecule is Cc1ccccc1OCCN(C)C(=O)CCCN1C(=O)NC(C)(C)C1=O. The minimum atomic E-state index is -0.870. The smallest absolute Gasteiger partial charge is 0.325 e. The number of hydrogen-bond donors (Lipinski definition) is 1. The van der Waals surface area contributed by atoms with E-state index in [1.54, 1.807) is 25.8 Å². The molecule has 0 unspecified atom stereocenters. The van der Waals surface area contributed by atoms with Gasteiger partial charge in [-0.05, 0) is 38.8 Å². The fourth-order valence-corrected chi connectivity index (χ4v) is 2.74. The third-order valence-corrected chi connectivity index (χ3v) is 4.42. The number of para-hydroxylation sites is 1. The number of nitrogens with zero attached hydrogens (tertiary/aromatic N) is 2. The number of carbonyl (C=O) groups excluding carboxylic acids is 3. The minimum Gasteiger partial charge on any atom is -0.491 e. The summed E-state index contributed by atoms with van der Waals surface area (Å²) >= 11 is 0. The Morgan fingerprint density at radius 1 is 1.27 bits per heavy atom. The lowest BCUT2D eigenvalue weighted by atomic mass is 10.1. The first kappa shape index (κ1) is 19.8. The number of rotatable bonds is 8. The van der Waals surface area contributed by atoms with E-state index in [0.717, 1.165) is 11.3 Å². The fourth-order valence-electron chi connectivity index (χ4n) is 2.74. The number of imide groups is 1. The molecule has 7 nitrogen and oxygen atoms in total. The highest BCUT2D eigenvalue weighted by Crippen LogP contribution is 2.17. The van der Waals surface area contributed by atoms with Crippen LogP contribution in [-0.4, -0.2) is 59.9 Å². The van der Waals surface area contributed by atoms with Crippen LogP contribution in [0.4, 0.5) is 4.79 Å². The van der Waals surface area contributed by atoms with E-state index >= 15 is 0 Å². The largest absolute Gasteiger partial charge is 0.491 e. The molecule has 26 heavy (non-hydrogen) atoms. The van der Waals surface area contributed by atoms with Crippen molar-refractivity contribution in [1.82, 2.24) is 15.1 Å². The molecular weight excluding hydrogens is 334 g/mol. The van der Waals surface area contributed by atoms with Crippen LogP contribution in [0, 0.1) is 6.92 Å². The highest BCUT2D eigenvalue weighted by molar-refractivity contribution is 6.06. The number of hydrogen-bond acceptors (Lipinski definition) is 4. The summed E-state index contributed by atoms with van der Waals surface area (Å²) in [7, 11) is 1.72. The monoisotopic (exact) mass is 361 g/mol. The molecule has 0 spiro atoms. The van der Waals surface area contributed by atoms with Crippen LogP contribution in [0.1, 0.15) is 32.3 Å². The van der Waals surface area contributed by atoms with Gasteiger partial charge >= 0.3 is 6.03 Å². The van der Waals surface area contributed by atoms with Gasteiger partial charge < -0.3 is 15.0 Å². The Bertz CT molecular complexity index is 687. The number of benzene rings is 1. The van der Waals surface area contributed by atoms with Gasteiger partial charge in [-0.1, -0.05) is 18.2 Å². The summed E-state index contributed by atoms with van der Waals surface area (Å²) in [5.74, 6) is 0.522. The van der Waals surface area contributed by atoms with Crippen LogP contribution in [0.15, 0.2) is 24.3 Å². The molecule has 0 atom stereocenters. The zero-order valence-electron chi connectivity index (χ0n) is 15.9. The average molecular weight is 361 g/mol. The van der Waals surface area contributed by atoms with Gasteiger partial charge in [0.25, 0.3) is 5.91 Å². The maximum Gasteiger partial charge on any atom is 0.325 e. The molecule has 142 valence electrons. The Labute approximate surface area is 154 Å². The van der Waals surface area contributed by atoms with Crippen LogP contribution < -0.4 is 10.1 Å². The summed E-state index contributed by atoms with van der Waals surface area (Å²) in [6, 6.07) is 7.34. The van der Waals surface area contributed by atoms with Gasteiger partial charge in [0.05, 0.1) is 6.54 Å². The number of nitrogens with one attached hydrogen (secondary N) is 1. The highest BCUT2D eigenvalue weighted by atomic mass is 16.5. The van der Waals surface area contributed by atoms with Crippen molar-refractivity contribution in [3.8, 4) is 5.75 Å². The molecule has 1 saturated heterocycles. The van der Waals surface area contributed by atoms with E-state index in [4.69, 9.17) is 4.74 Å². The van der Waals surface area contributed by atoms with Crippen LogP contribution in [0.5, 0.6) is 5.75 Å². The van der Waals surface area contributed by atoms with Gasteiger partial charge in [-0.2, -0.15) is 0 Å². The third-order valence-electron chi connectivity index (χ3n) is 4.42. The van der Waals surface area contributed by atoms with Crippen molar-refractivity contribution in [3.05, 3.63) is 29.8 Å². The molecule has 1 aliphatic heterocycles. The van der Waals surface area contributed by atoms with Gasteiger partial charge in [0, 0.05) is 20.0 Å². The summed E-state index contributed by atoms with van der Waals surface area (Å²) in [6.45, 7) is 6.44. The summed E-state index contributed by atoms with van der Waals surface area (Å²) in [5, 5.41) is 2.63. The lowest BCUT2D eigenvalue weighted by molar-refractivity contribution is -0.132. The second kappa shape index (κ2) is 8.21. The van der Waals surface area contributed by atoms with E-state index < -0.39 is 11.6 Å². The molecule has 7 heteroatoms. The molecule has 0 bridgehead atoms. The maximum absolute atomic E-state index is 12.2. The first-order valence-corrected chi connectivity index (χ1v) is 8.79. The van der Waals surface area contributed by atoms with Gasteiger partial charge in [-0.3, -0.25) is 14.5 Å². The molecule has 0 saturated carbocycles. The van der Waals surface area contributed by atoms with Gasteiger partial charge in [-0.25, -0.2) is 4.79 Å². The standard InChI is InChI=1S/C19H27N3O4/c1-14-8-5-6-9-15(14)26-13-12-21(4)16(23)10-7-11-22-17(24)19(2,3)20-18(22)25/h5-6,8-9H,7,10-13H2,1-4H3,(H,20,25). The first-order chi connectivity index (χ1) is 12.2. The van der Waals surface area contributed by atoms with Gasteiger partial charge in [0.1, 0.15) is 17.9 Å². The van der Waals surface area contributed by atoms with E-state index in [1.165, 1.54) is 4.90 Å². The summed E-state index contributed by atoms with van der Waals surface area (Å²) < 4.78 is 5.69. The molecule has 2 rings (SSSR count). The van der Waals surface area contributed by atoms with Gasteiger partial charge in [0.2, 0.25) is 5.91 Å². The summed E-state index contributed by atoms with van der Waals surface area (Å²) in [5.41, 5.74) is 0.183. The molecule has 0 aliphatic carbocycles. The van der Waals surface area contributed by atoms with Crippen LogP contribution >= 0.6 is 0 Å². The van der Waals surface area contributed by atoms with Crippen molar-refractivity contribution in [2.75, 3.05) is 26.7 Å². The molecule has 0 radical (unpaired) electrons. The molecule has 1 aromatic rings. The molecule has 1 fully saturated rings. The Morgan fingerprint density at radius 2 is 1.96 bits per heavy atom. The molecule has 1 aromatic carbocycles. The Balaban J connectivity index is 1.70. The van der Waals surface area contributed by atoms with Gasteiger partial charge in [-0.15, -0.1) is 0 Å². The van der Waals surface area contributed by atoms with Crippen molar-refractivity contribution in [2.24, 2.45) is 0 Å². The quantitative estimate of drug-likeness (QED) is 0.718. The predicted molar refractivity (Wildman–Crippen MR) is 97.9 cm³/mol. The Kier molecular flexibility index (Phi) is 6.23. The number of urea groups is 1. The number of carbonyl (C=O) groups is 3. The summed E-state index contributed by atoms with van der Waals surface area (Å²) in [6.07, 6.45) is 0.718. The number of likely N-dealkylation sites (N-methyl/N-ethyl adjacent to an activating group) is 1. The van der Waals surface area contributed by atoms with Crippen LogP contribution in [0.3, 0.4) is 0 Å². The topological polar surface area (TPSA) is 79.0 Å². The first-order valence-electron chi connectivity index (χ1n) is 8.79. The van der Waals surface area contributed by atoms with Crippen molar-refractivity contribution in [3.63, 3.8) is 0 Å². The number of ether oxygens (including phenoxy) is 1. The summed E-state index contributed by atoms with van der Waals surface area (Å²) in [4.78, 5) is 38.8. The van der Waals surface area contributed by atoms with E-state index in [2.05, 4.69) is 5.32 Å². The predicted octanol–water partition coefficient (Wildman–Crippen LogP) is 1.94. The third kappa shape index (κ3) is 4.74. The molecular formula is C19H27N3O4. The van der Waals surface area contributed by atoms with Crippen molar-refractivity contribution < 1.29 is 19.1 Å². The van der Waals surface area contributed by atoms with Crippen LogP contribution in [-0.2, 0) is 9.59 Å². The second-order valence-electron chi connectivity index (χ2n) is 7.04. The molecule has 1 heterocycles. The van der Waals surface area contributed by atoms with Crippen molar-refractivity contribution in [2.45, 2.75) is 39.2 Å². The maximum atomic E-state index is 12.2. The van der Waals surface area contributed by atoms with Crippen LogP contribution in [0.25, 0.3) is 0 Å². The van der Waals surface area contributed by atoms with Crippen molar-refractivity contribution >= 4 is 17.8 Å². The zero-order valence-corrected chi connectivity index (χ0v) is 15.9. The molecule has 1 aliphatic rings. The molecule has 0 aromatic heterocycles. The van der Waals surface area contributed by atoms with E-state index in [-0.39, 0.29) is 24.8 Å². The minimum absolute atomic E-state index is 0.0373. The van der Waals surface area contributed by atoms with Crippen molar-refractivity contribution in [1.29, 1.82) is 0 Å². The van der Waals surface area contributed by atoms with Gasteiger partial charge in [0.15, 0.2) is 0 Å². The normalized spacial score (nSPS) is 15.8. The van der Waals surface area contributed by atoms with Crippen LogP contribution in [0.2, 0.25) is 0 Å². The molecule has 1 N–H and O–H groups in total. The Morgan fingerprint density at radius 3 is 2.58 bits per heavy atom. The highest BCUT2D eigenvalue weighted by Gasteiger charge is 2.43. The van der Waals surface area contributed by atoms with E-state index in [9.17, 15) is 14.4 Å². The fraction of sp³-hybridized carbons (Fsp3) is 0.526. The van der Waals surface area contributed by atoms with E-state index in [1.807, 2.05) is 31.2 Å². The Hall–Kier alpha value is -2.57. The number of amides is 4. The zero-order chi connectivity index (χ0) is 19.3. The molecule has 4 amide bonds. The lowest BCUT2D eigenvalue weighted by Crippen LogP contribution is -2.40. The lowest BCUT2D eigenvalue weighted by Gasteiger charge is -2.19. The van der Waals surface area contributed by atoms with E-state index in [0.29, 0.717) is 19.6 Å². The second-order valence-corrected chi connectivity index (χ2v) is 7.04. The average Bonchev–Trinajstić information content (AvgIpc) is 2.77.